The normalized spacial score (nSPS) is 12.0. The Balaban J connectivity index is 1.66. The highest BCUT2D eigenvalue weighted by Crippen LogP contribution is 2.21. The van der Waals surface area contributed by atoms with Crippen molar-refractivity contribution in [2.45, 2.75) is 13.0 Å². The van der Waals surface area contributed by atoms with Gasteiger partial charge < -0.3 is 14.1 Å². The van der Waals surface area contributed by atoms with Crippen molar-refractivity contribution < 1.29 is 18.3 Å². The molecule has 1 aromatic heterocycles. The summed E-state index contributed by atoms with van der Waals surface area (Å²) in [5, 5.41) is 0.769. The van der Waals surface area contributed by atoms with Crippen molar-refractivity contribution in [3.63, 3.8) is 0 Å². The maximum absolute atomic E-state index is 13.0. The number of hydrogen-bond donors (Lipinski definition) is 0. The molecule has 1 amide bonds. The molecule has 0 unspecified atom stereocenters. The molecule has 1 heterocycles. The van der Waals surface area contributed by atoms with Crippen LogP contribution in [0.2, 0.25) is 0 Å². The fraction of sp³-hybridized carbons (Fsp3) is 0.200. The number of carbonyl (C=O) groups is 1. The lowest BCUT2D eigenvalue weighted by atomic mass is 10.1. The van der Waals surface area contributed by atoms with Gasteiger partial charge in [0, 0.05) is 24.6 Å². The summed E-state index contributed by atoms with van der Waals surface area (Å²) in [6.45, 7) is 1.69. The van der Waals surface area contributed by atoms with Crippen LogP contribution in [0, 0.1) is 5.82 Å². The zero-order valence-corrected chi connectivity index (χ0v) is 14.4. The summed E-state index contributed by atoms with van der Waals surface area (Å²) in [5.41, 5.74) is 0.781. The van der Waals surface area contributed by atoms with Crippen LogP contribution in [0.1, 0.15) is 18.5 Å². The van der Waals surface area contributed by atoms with E-state index in [2.05, 4.69) is 0 Å². The van der Waals surface area contributed by atoms with Crippen molar-refractivity contribution in [1.29, 1.82) is 0 Å². The minimum absolute atomic E-state index is 0.162. The van der Waals surface area contributed by atoms with Crippen LogP contribution in [0.25, 0.3) is 11.0 Å². The minimum Gasteiger partial charge on any atom is -0.484 e. The quantitative estimate of drug-likeness (QED) is 0.657. The van der Waals surface area contributed by atoms with Gasteiger partial charge in [-0.25, -0.2) is 9.18 Å². The lowest BCUT2D eigenvalue weighted by Gasteiger charge is -2.25. The zero-order chi connectivity index (χ0) is 18.7. The van der Waals surface area contributed by atoms with Crippen LogP contribution in [-0.2, 0) is 4.79 Å². The highest BCUT2D eigenvalue weighted by atomic mass is 19.1. The van der Waals surface area contributed by atoms with Gasteiger partial charge in [-0.3, -0.25) is 4.79 Å². The monoisotopic (exact) mass is 355 g/mol. The number of ether oxygens (including phenoxy) is 1. The van der Waals surface area contributed by atoms with E-state index in [0.717, 1.165) is 10.9 Å². The largest absolute Gasteiger partial charge is 0.484 e. The molecule has 0 aliphatic rings. The molecule has 1 atom stereocenters. The predicted molar refractivity (Wildman–Crippen MR) is 95.6 cm³/mol. The van der Waals surface area contributed by atoms with Crippen LogP contribution in [0.3, 0.4) is 0 Å². The number of amides is 1. The summed E-state index contributed by atoms with van der Waals surface area (Å²) >= 11 is 0. The molecule has 0 bridgehead atoms. The second-order valence-electron chi connectivity index (χ2n) is 5.97. The standard InChI is InChI=1S/C20H18FNO4/c1-13(14-3-7-16(21)8-4-14)22(2)19(23)12-25-17-9-5-15-6-10-20(24)26-18(15)11-17/h3-11,13H,12H2,1-2H3/t13-/m1/s1. The topological polar surface area (TPSA) is 59.8 Å². The van der Waals surface area contributed by atoms with Crippen molar-refractivity contribution in [2.75, 3.05) is 13.7 Å². The van der Waals surface area contributed by atoms with Gasteiger partial charge in [0.15, 0.2) is 6.61 Å². The summed E-state index contributed by atoms with van der Waals surface area (Å²) in [4.78, 5) is 25.2. The lowest BCUT2D eigenvalue weighted by molar-refractivity contribution is -0.134. The number of hydrogen-bond acceptors (Lipinski definition) is 4. The number of fused-ring (bicyclic) bond motifs is 1. The first-order valence-corrected chi connectivity index (χ1v) is 8.12. The molecular formula is C20H18FNO4. The van der Waals surface area contributed by atoms with Crippen LogP contribution in [0.5, 0.6) is 5.75 Å². The van der Waals surface area contributed by atoms with Gasteiger partial charge in [0.2, 0.25) is 0 Å². The SMILES string of the molecule is C[C@H](c1ccc(F)cc1)N(C)C(=O)COc1ccc2ccc(=O)oc2c1. The molecule has 0 aliphatic heterocycles. The molecule has 0 fully saturated rings. The van der Waals surface area contributed by atoms with Crippen molar-refractivity contribution >= 4 is 16.9 Å². The van der Waals surface area contributed by atoms with Gasteiger partial charge in [-0.15, -0.1) is 0 Å². The van der Waals surface area contributed by atoms with Gasteiger partial charge in [0.25, 0.3) is 5.91 Å². The number of halogens is 1. The summed E-state index contributed by atoms with van der Waals surface area (Å²) in [6.07, 6.45) is 0. The molecule has 134 valence electrons. The van der Waals surface area contributed by atoms with Crippen LogP contribution >= 0.6 is 0 Å². The molecule has 2 aromatic carbocycles. The number of rotatable bonds is 5. The molecule has 0 saturated carbocycles. The molecule has 0 aliphatic carbocycles. The van der Waals surface area contributed by atoms with E-state index in [0.29, 0.717) is 11.3 Å². The van der Waals surface area contributed by atoms with E-state index in [4.69, 9.17) is 9.15 Å². The van der Waals surface area contributed by atoms with E-state index >= 15 is 0 Å². The van der Waals surface area contributed by atoms with Crippen LogP contribution < -0.4 is 10.4 Å². The maximum atomic E-state index is 13.0. The van der Waals surface area contributed by atoms with Gasteiger partial charge >= 0.3 is 5.63 Å². The van der Waals surface area contributed by atoms with Crippen LogP contribution in [-0.4, -0.2) is 24.5 Å². The van der Waals surface area contributed by atoms with Crippen LogP contribution in [0.15, 0.2) is 63.8 Å². The maximum Gasteiger partial charge on any atom is 0.336 e. The Morgan fingerprint density at radius 2 is 1.85 bits per heavy atom. The third-order valence-corrected chi connectivity index (χ3v) is 4.28. The molecule has 3 rings (SSSR count). The third-order valence-electron chi connectivity index (χ3n) is 4.28. The molecule has 0 spiro atoms. The van der Waals surface area contributed by atoms with E-state index < -0.39 is 5.63 Å². The summed E-state index contributed by atoms with van der Waals surface area (Å²) in [6, 6.07) is 13.8. The average Bonchev–Trinajstić information content (AvgIpc) is 2.65. The Hall–Kier alpha value is -3.15. The van der Waals surface area contributed by atoms with Gasteiger partial charge in [-0.1, -0.05) is 12.1 Å². The van der Waals surface area contributed by atoms with Crippen molar-refractivity contribution in [2.24, 2.45) is 0 Å². The molecular weight excluding hydrogens is 337 g/mol. The van der Waals surface area contributed by atoms with Crippen molar-refractivity contribution in [1.82, 2.24) is 4.90 Å². The molecule has 6 heteroatoms. The van der Waals surface area contributed by atoms with Gasteiger partial charge in [-0.2, -0.15) is 0 Å². The number of benzene rings is 2. The average molecular weight is 355 g/mol. The fourth-order valence-corrected chi connectivity index (χ4v) is 2.56. The van der Waals surface area contributed by atoms with Crippen molar-refractivity contribution in [3.05, 3.63) is 76.4 Å². The van der Waals surface area contributed by atoms with Gasteiger partial charge in [0.1, 0.15) is 17.1 Å². The second-order valence-corrected chi connectivity index (χ2v) is 5.97. The molecule has 26 heavy (non-hydrogen) atoms. The Labute approximate surface area is 149 Å². The minimum atomic E-state index is -0.446. The Morgan fingerprint density at radius 3 is 2.58 bits per heavy atom. The number of carbonyl (C=O) groups excluding carboxylic acids is 1. The zero-order valence-electron chi connectivity index (χ0n) is 14.4. The van der Waals surface area contributed by atoms with E-state index in [1.54, 1.807) is 43.4 Å². The summed E-state index contributed by atoms with van der Waals surface area (Å²) < 4.78 is 23.7. The van der Waals surface area contributed by atoms with E-state index in [1.807, 2.05) is 6.92 Å². The second kappa shape index (κ2) is 7.39. The third kappa shape index (κ3) is 3.91. The Kier molecular flexibility index (Phi) is 5.02. The first kappa shape index (κ1) is 17.7. The first-order valence-electron chi connectivity index (χ1n) is 8.12. The Morgan fingerprint density at radius 1 is 1.15 bits per heavy atom. The van der Waals surface area contributed by atoms with E-state index in [9.17, 15) is 14.0 Å². The number of likely N-dealkylation sites (N-methyl/N-ethyl adjacent to an activating group) is 1. The first-order chi connectivity index (χ1) is 12.4. The molecule has 0 saturated heterocycles. The van der Waals surface area contributed by atoms with E-state index in [-0.39, 0.29) is 24.4 Å². The fourth-order valence-electron chi connectivity index (χ4n) is 2.56. The summed E-state index contributed by atoms with van der Waals surface area (Å²) in [7, 11) is 1.67. The van der Waals surface area contributed by atoms with Gasteiger partial charge in [0.05, 0.1) is 6.04 Å². The van der Waals surface area contributed by atoms with Crippen molar-refractivity contribution in [3.8, 4) is 5.75 Å². The predicted octanol–water partition coefficient (Wildman–Crippen LogP) is 3.53. The molecule has 5 nitrogen and oxygen atoms in total. The Bertz CT molecular complexity index is 981. The van der Waals surface area contributed by atoms with Crippen LogP contribution in [0.4, 0.5) is 4.39 Å². The number of nitrogens with zero attached hydrogens (tertiary/aromatic N) is 1. The van der Waals surface area contributed by atoms with Gasteiger partial charge in [-0.05, 0) is 42.8 Å². The highest BCUT2D eigenvalue weighted by molar-refractivity contribution is 5.79. The smallest absolute Gasteiger partial charge is 0.336 e. The van der Waals surface area contributed by atoms with E-state index in [1.165, 1.54) is 23.1 Å². The molecule has 3 aromatic rings. The lowest BCUT2D eigenvalue weighted by Crippen LogP contribution is -2.33. The summed E-state index contributed by atoms with van der Waals surface area (Å²) in [5.74, 6) is -0.110. The molecule has 0 N–H and O–H groups in total. The molecule has 0 radical (unpaired) electrons. The highest BCUT2D eigenvalue weighted by Gasteiger charge is 2.18.